The van der Waals surface area contributed by atoms with Crippen molar-refractivity contribution in [3.05, 3.63) is 41.2 Å². The van der Waals surface area contributed by atoms with Crippen molar-refractivity contribution in [1.82, 2.24) is 34.3 Å². The lowest BCUT2D eigenvalue weighted by atomic mass is 10.1. The normalized spacial score (nSPS) is 17.6. The van der Waals surface area contributed by atoms with Crippen LogP contribution < -0.4 is 0 Å². The number of hydrogen-bond donors (Lipinski definition) is 0. The van der Waals surface area contributed by atoms with Crippen molar-refractivity contribution in [2.45, 2.75) is 46.1 Å². The van der Waals surface area contributed by atoms with Crippen LogP contribution >= 0.6 is 0 Å². The van der Waals surface area contributed by atoms with Crippen LogP contribution in [0.4, 0.5) is 0 Å². The molecule has 3 aromatic rings. The van der Waals surface area contributed by atoms with Crippen molar-refractivity contribution in [2.24, 2.45) is 0 Å². The summed E-state index contributed by atoms with van der Waals surface area (Å²) in [6, 6.07) is 4.12. The minimum absolute atomic E-state index is 0.0542. The molecule has 0 bridgehead atoms. The van der Waals surface area contributed by atoms with Crippen LogP contribution in [-0.2, 0) is 0 Å². The van der Waals surface area contributed by atoms with Crippen LogP contribution in [-0.4, -0.2) is 53.3 Å². The molecule has 3 aromatic heterocycles. The summed E-state index contributed by atoms with van der Waals surface area (Å²) in [5, 5.41) is 8.78. The summed E-state index contributed by atoms with van der Waals surface area (Å²) in [5.74, 6) is 0.630. The van der Waals surface area contributed by atoms with E-state index in [0.29, 0.717) is 24.6 Å². The van der Waals surface area contributed by atoms with E-state index in [1.54, 1.807) is 4.52 Å². The maximum Gasteiger partial charge on any atom is 0.272 e. The zero-order valence-electron chi connectivity index (χ0n) is 15.5. The third-order valence-corrected chi connectivity index (χ3v) is 4.93. The molecule has 1 atom stereocenters. The fourth-order valence-electron chi connectivity index (χ4n) is 3.66. The van der Waals surface area contributed by atoms with Crippen LogP contribution in [0.2, 0.25) is 0 Å². The fraction of sp³-hybridized carbons (Fsp3) is 0.500. The Bertz CT molecular complexity index is 971. The zero-order chi connectivity index (χ0) is 18.4. The third-order valence-electron chi connectivity index (χ3n) is 4.93. The van der Waals surface area contributed by atoms with Crippen molar-refractivity contribution < 1.29 is 4.79 Å². The molecule has 8 heteroatoms. The number of nitrogens with zero attached hydrogens (tertiary/aromatic N) is 7. The van der Waals surface area contributed by atoms with Crippen LogP contribution in [0.15, 0.2) is 18.5 Å². The Morgan fingerprint density at radius 2 is 2.08 bits per heavy atom. The van der Waals surface area contributed by atoms with Crippen molar-refractivity contribution in [3.8, 4) is 0 Å². The van der Waals surface area contributed by atoms with Crippen LogP contribution in [0.3, 0.4) is 0 Å². The van der Waals surface area contributed by atoms with Gasteiger partial charge in [0.1, 0.15) is 12.0 Å². The quantitative estimate of drug-likeness (QED) is 0.721. The molecule has 26 heavy (non-hydrogen) atoms. The van der Waals surface area contributed by atoms with Crippen LogP contribution in [0.5, 0.6) is 0 Å². The minimum atomic E-state index is -0.0542. The summed E-state index contributed by atoms with van der Waals surface area (Å²) >= 11 is 0. The van der Waals surface area contributed by atoms with Gasteiger partial charge in [0.2, 0.25) is 0 Å². The summed E-state index contributed by atoms with van der Waals surface area (Å²) in [6.45, 7) is 9.54. The Morgan fingerprint density at radius 3 is 2.77 bits per heavy atom. The maximum atomic E-state index is 13.0. The Labute approximate surface area is 151 Å². The van der Waals surface area contributed by atoms with E-state index in [4.69, 9.17) is 0 Å². The number of carbonyl (C=O) groups excluding carboxylic acids is 1. The van der Waals surface area contributed by atoms with Crippen molar-refractivity contribution in [3.63, 3.8) is 0 Å². The topological polar surface area (TPSA) is 81.2 Å². The smallest absolute Gasteiger partial charge is 0.272 e. The molecule has 1 aliphatic heterocycles. The van der Waals surface area contributed by atoms with Gasteiger partial charge in [-0.05, 0) is 38.3 Å². The number of amides is 1. The highest BCUT2D eigenvalue weighted by atomic mass is 16.2. The van der Waals surface area contributed by atoms with E-state index in [-0.39, 0.29) is 17.9 Å². The van der Waals surface area contributed by atoms with Gasteiger partial charge in [-0.2, -0.15) is 15.2 Å². The summed E-state index contributed by atoms with van der Waals surface area (Å²) in [5.41, 5.74) is 3.51. The predicted octanol–water partition coefficient (Wildman–Crippen LogP) is 2.15. The number of aryl methyl sites for hydroxylation is 2. The molecule has 1 amide bonds. The second-order valence-electron chi connectivity index (χ2n) is 7.26. The van der Waals surface area contributed by atoms with Gasteiger partial charge in [0, 0.05) is 18.8 Å². The Morgan fingerprint density at radius 1 is 1.27 bits per heavy atom. The van der Waals surface area contributed by atoms with Gasteiger partial charge in [-0.1, -0.05) is 13.8 Å². The highest BCUT2D eigenvalue weighted by Gasteiger charge is 2.30. The summed E-state index contributed by atoms with van der Waals surface area (Å²) in [6.07, 6.45) is 2.37. The van der Waals surface area contributed by atoms with E-state index >= 15 is 0 Å². The van der Waals surface area contributed by atoms with Crippen LogP contribution in [0.1, 0.15) is 59.8 Å². The highest BCUT2D eigenvalue weighted by Crippen LogP contribution is 2.25. The first kappa shape index (κ1) is 16.7. The summed E-state index contributed by atoms with van der Waals surface area (Å²) in [7, 11) is 0. The molecular formula is C18H23N7O. The molecule has 0 saturated carbocycles. The molecule has 1 aliphatic rings. The average molecular weight is 353 g/mol. The van der Waals surface area contributed by atoms with E-state index in [9.17, 15) is 4.79 Å². The maximum absolute atomic E-state index is 13.0. The monoisotopic (exact) mass is 353 g/mol. The molecule has 0 aromatic carbocycles. The molecular weight excluding hydrogens is 330 g/mol. The molecule has 0 N–H and O–H groups in total. The Kier molecular flexibility index (Phi) is 3.97. The lowest BCUT2D eigenvalue weighted by Gasteiger charge is -2.18. The Balaban J connectivity index is 1.60. The molecule has 1 fully saturated rings. The number of fused-ring (bicyclic) bond motifs is 1. The first-order valence-electron chi connectivity index (χ1n) is 8.96. The number of hydrogen-bond acceptors (Lipinski definition) is 5. The van der Waals surface area contributed by atoms with Crippen LogP contribution in [0.25, 0.3) is 5.78 Å². The molecule has 8 nitrogen and oxygen atoms in total. The SMILES string of the molecule is Cc1cc(C)n(C2CCN(C(=O)c3cc(C(C)C)n4ncnc4n3)C2)n1. The van der Waals surface area contributed by atoms with Gasteiger partial charge in [-0.25, -0.2) is 9.50 Å². The molecule has 0 aliphatic carbocycles. The standard InChI is InChI=1S/C18H23N7O/c1-11(2)16-8-15(21-18-19-10-20-25(16)18)17(26)23-6-5-14(9-23)24-13(4)7-12(3)22-24/h7-8,10-11,14H,5-6,9H2,1-4H3. The van der Waals surface area contributed by atoms with Crippen molar-refractivity contribution in [2.75, 3.05) is 13.1 Å². The lowest BCUT2D eigenvalue weighted by Crippen LogP contribution is -2.30. The van der Waals surface area contributed by atoms with E-state index in [1.165, 1.54) is 6.33 Å². The van der Waals surface area contributed by atoms with E-state index in [2.05, 4.69) is 47.0 Å². The minimum Gasteiger partial charge on any atom is -0.335 e. The highest BCUT2D eigenvalue weighted by molar-refractivity contribution is 5.93. The first-order chi connectivity index (χ1) is 12.4. The van der Waals surface area contributed by atoms with Crippen molar-refractivity contribution in [1.29, 1.82) is 0 Å². The Hall–Kier alpha value is -2.77. The lowest BCUT2D eigenvalue weighted by molar-refractivity contribution is 0.0781. The fourth-order valence-corrected chi connectivity index (χ4v) is 3.66. The number of aromatic nitrogens is 6. The second-order valence-corrected chi connectivity index (χ2v) is 7.26. The first-order valence-corrected chi connectivity index (χ1v) is 8.96. The predicted molar refractivity (Wildman–Crippen MR) is 96.1 cm³/mol. The largest absolute Gasteiger partial charge is 0.335 e. The number of likely N-dealkylation sites (tertiary alicyclic amines) is 1. The number of rotatable bonds is 3. The molecule has 1 saturated heterocycles. The van der Waals surface area contributed by atoms with E-state index < -0.39 is 0 Å². The van der Waals surface area contributed by atoms with Gasteiger partial charge in [0.05, 0.1) is 17.4 Å². The molecule has 1 unspecified atom stereocenters. The molecule has 136 valence electrons. The molecule has 4 heterocycles. The van der Waals surface area contributed by atoms with E-state index in [0.717, 1.165) is 23.5 Å². The van der Waals surface area contributed by atoms with Gasteiger partial charge >= 0.3 is 0 Å². The molecule has 4 rings (SSSR count). The molecule has 0 spiro atoms. The molecule has 0 radical (unpaired) electrons. The van der Waals surface area contributed by atoms with E-state index in [1.807, 2.05) is 22.6 Å². The van der Waals surface area contributed by atoms with Gasteiger partial charge < -0.3 is 4.90 Å². The third kappa shape index (κ3) is 2.75. The van der Waals surface area contributed by atoms with Crippen molar-refractivity contribution >= 4 is 11.7 Å². The average Bonchev–Trinajstić information content (AvgIpc) is 3.32. The number of carbonyl (C=O) groups is 1. The summed E-state index contributed by atoms with van der Waals surface area (Å²) < 4.78 is 3.74. The van der Waals surface area contributed by atoms with Gasteiger partial charge in [0.15, 0.2) is 0 Å². The summed E-state index contributed by atoms with van der Waals surface area (Å²) in [4.78, 5) is 23.5. The van der Waals surface area contributed by atoms with Crippen LogP contribution in [0, 0.1) is 13.8 Å². The zero-order valence-corrected chi connectivity index (χ0v) is 15.5. The van der Waals surface area contributed by atoms with Gasteiger partial charge in [-0.15, -0.1) is 0 Å². The van der Waals surface area contributed by atoms with Gasteiger partial charge in [0.25, 0.3) is 11.7 Å². The van der Waals surface area contributed by atoms with Gasteiger partial charge in [-0.3, -0.25) is 9.48 Å². The second kappa shape index (κ2) is 6.19.